The third kappa shape index (κ3) is 4.25. The molecule has 2 aromatic heterocycles. The second-order valence-electron chi connectivity index (χ2n) is 6.10. The molecule has 0 aliphatic carbocycles. The van der Waals surface area contributed by atoms with Crippen LogP contribution in [0.5, 0.6) is 0 Å². The van der Waals surface area contributed by atoms with Gasteiger partial charge in [-0.25, -0.2) is 9.97 Å². The summed E-state index contributed by atoms with van der Waals surface area (Å²) in [7, 11) is 0. The Labute approximate surface area is 170 Å². The number of carbonyl (C=O) groups is 2. The van der Waals surface area contributed by atoms with Crippen LogP contribution in [-0.2, 0) is 4.79 Å². The first-order valence-corrected chi connectivity index (χ1v) is 9.68. The molecule has 0 bridgehead atoms. The van der Waals surface area contributed by atoms with Crippen molar-refractivity contribution in [2.24, 2.45) is 0 Å². The van der Waals surface area contributed by atoms with E-state index in [4.69, 9.17) is 5.73 Å². The number of aromatic nitrogens is 4. The number of nitrogens with one attached hydrogen (secondary N) is 2. The molecule has 0 radical (unpaired) electrons. The summed E-state index contributed by atoms with van der Waals surface area (Å²) < 4.78 is 0. The van der Waals surface area contributed by atoms with Gasteiger partial charge in [0.2, 0.25) is 11.9 Å². The third-order valence-electron chi connectivity index (χ3n) is 4.08. The van der Waals surface area contributed by atoms with E-state index in [1.807, 2.05) is 18.2 Å². The number of thioether (sulfide) groups is 1. The van der Waals surface area contributed by atoms with Crippen molar-refractivity contribution in [1.82, 2.24) is 19.9 Å². The number of rotatable bonds is 6. The van der Waals surface area contributed by atoms with Gasteiger partial charge in [0.05, 0.1) is 12.1 Å². The highest BCUT2D eigenvalue weighted by Crippen LogP contribution is 2.23. The maximum Gasteiger partial charge on any atom is 0.234 e. The Morgan fingerprint density at radius 3 is 2.48 bits per heavy atom. The van der Waals surface area contributed by atoms with E-state index < -0.39 is 0 Å². The fourth-order valence-electron chi connectivity index (χ4n) is 2.72. The molecule has 29 heavy (non-hydrogen) atoms. The quantitative estimate of drug-likeness (QED) is 0.256. The number of amides is 1. The van der Waals surface area contributed by atoms with E-state index in [1.165, 1.54) is 18.1 Å². The van der Waals surface area contributed by atoms with Gasteiger partial charge in [-0.15, -0.1) is 0 Å². The predicted molar refractivity (Wildman–Crippen MR) is 112 cm³/mol. The molecule has 0 saturated carbocycles. The van der Waals surface area contributed by atoms with E-state index in [1.54, 1.807) is 36.4 Å². The number of anilines is 2. The summed E-state index contributed by atoms with van der Waals surface area (Å²) in [4.78, 5) is 39.9. The van der Waals surface area contributed by atoms with Crippen LogP contribution in [0.1, 0.15) is 15.9 Å². The summed E-state index contributed by atoms with van der Waals surface area (Å²) in [6.07, 6.45) is 1.50. The molecule has 0 aliphatic rings. The van der Waals surface area contributed by atoms with Crippen molar-refractivity contribution in [3.8, 4) is 0 Å². The number of nitrogen functional groups attached to an aromatic ring is 1. The maximum absolute atomic E-state index is 12.4. The Morgan fingerprint density at radius 1 is 1.00 bits per heavy atom. The minimum absolute atomic E-state index is 0.0658. The summed E-state index contributed by atoms with van der Waals surface area (Å²) in [5.41, 5.74) is 8.56. The van der Waals surface area contributed by atoms with Crippen LogP contribution in [0.15, 0.2) is 66.0 Å². The maximum atomic E-state index is 12.4. The Balaban J connectivity index is 1.38. The molecule has 9 heteroatoms. The van der Waals surface area contributed by atoms with Gasteiger partial charge < -0.3 is 16.0 Å². The van der Waals surface area contributed by atoms with Gasteiger partial charge in [0, 0.05) is 16.8 Å². The summed E-state index contributed by atoms with van der Waals surface area (Å²) in [5, 5.41) is 3.36. The summed E-state index contributed by atoms with van der Waals surface area (Å²) in [5.74, 6) is -0.0351. The zero-order valence-electron chi connectivity index (χ0n) is 15.1. The molecule has 0 saturated heterocycles. The van der Waals surface area contributed by atoms with Crippen molar-refractivity contribution in [3.05, 3.63) is 72.1 Å². The molecule has 4 N–H and O–H groups in total. The lowest BCUT2D eigenvalue weighted by atomic mass is 10.0. The fourth-order valence-corrected chi connectivity index (χ4v) is 3.51. The average Bonchev–Trinajstić information content (AvgIpc) is 3.21. The summed E-state index contributed by atoms with van der Waals surface area (Å²) in [6.45, 7) is 0. The number of benzene rings is 2. The molecule has 0 aliphatic heterocycles. The average molecular weight is 404 g/mol. The van der Waals surface area contributed by atoms with Gasteiger partial charge >= 0.3 is 0 Å². The van der Waals surface area contributed by atoms with Crippen LogP contribution in [0, 0.1) is 0 Å². The lowest BCUT2D eigenvalue weighted by Crippen LogP contribution is -2.14. The fraction of sp³-hybridized carbons (Fsp3) is 0.0500. The molecule has 0 spiro atoms. The molecule has 4 rings (SSSR count). The highest BCUT2D eigenvalue weighted by Gasteiger charge is 2.12. The number of nitrogens with two attached hydrogens (primary N) is 1. The predicted octanol–water partition coefficient (Wildman–Crippen LogP) is 2.90. The zero-order chi connectivity index (χ0) is 20.2. The van der Waals surface area contributed by atoms with Gasteiger partial charge in [-0.2, -0.15) is 4.98 Å². The summed E-state index contributed by atoms with van der Waals surface area (Å²) >= 11 is 1.23. The Hall–Kier alpha value is -3.72. The molecule has 2 aromatic carbocycles. The molecule has 1 amide bonds. The van der Waals surface area contributed by atoms with Crippen molar-refractivity contribution < 1.29 is 9.59 Å². The van der Waals surface area contributed by atoms with E-state index in [9.17, 15) is 9.59 Å². The van der Waals surface area contributed by atoms with Crippen LogP contribution in [0.2, 0.25) is 0 Å². The second kappa shape index (κ2) is 8.11. The molecular weight excluding hydrogens is 388 g/mol. The first-order chi connectivity index (χ1) is 14.1. The second-order valence-corrected chi connectivity index (χ2v) is 7.06. The lowest BCUT2D eigenvalue weighted by Gasteiger charge is -2.07. The number of fused-ring (bicyclic) bond motifs is 1. The van der Waals surface area contributed by atoms with Crippen molar-refractivity contribution in [2.45, 2.75) is 5.03 Å². The molecule has 8 nitrogen and oxygen atoms in total. The van der Waals surface area contributed by atoms with E-state index in [2.05, 4.69) is 25.3 Å². The molecule has 144 valence electrons. The highest BCUT2D eigenvalue weighted by atomic mass is 32.2. The number of hydrogen-bond donors (Lipinski definition) is 3. The van der Waals surface area contributed by atoms with Gasteiger partial charge in [-0.05, 0) is 24.3 Å². The zero-order valence-corrected chi connectivity index (χ0v) is 15.9. The first-order valence-electron chi connectivity index (χ1n) is 8.69. The van der Waals surface area contributed by atoms with Crippen LogP contribution in [0.4, 0.5) is 11.6 Å². The molecule has 0 unspecified atom stereocenters. The lowest BCUT2D eigenvalue weighted by molar-refractivity contribution is -0.113. The molecule has 4 aromatic rings. The molecule has 2 heterocycles. The Kier molecular flexibility index (Phi) is 5.21. The number of aromatic amines is 1. The highest BCUT2D eigenvalue weighted by molar-refractivity contribution is 8.00. The number of ketones is 1. The van der Waals surface area contributed by atoms with Crippen LogP contribution in [-0.4, -0.2) is 37.4 Å². The van der Waals surface area contributed by atoms with Crippen molar-refractivity contribution in [1.29, 1.82) is 0 Å². The van der Waals surface area contributed by atoms with Gasteiger partial charge in [-0.3, -0.25) is 9.59 Å². The number of hydrogen-bond acceptors (Lipinski definition) is 7. The first kappa shape index (κ1) is 18.6. The van der Waals surface area contributed by atoms with Gasteiger partial charge in [0.15, 0.2) is 11.4 Å². The van der Waals surface area contributed by atoms with Gasteiger partial charge in [0.25, 0.3) is 0 Å². The van der Waals surface area contributed by atoms with Crippen molar-refractivity contribution >= 4 is 46.3 Å². The third-order valence-corrected chi connectivity index (χ3v) is 5.05. The number of carbonyl (C=O) groups excluding carboxylic acids is 2. The van der Waals surface area contributed by atoms with Gasteiger partial charge in [0.1, 0.15) is 10.5 Å². The largest absolute Gasteiger partial charge is 0.368 e. The van der Waals surface area contributed by atoms with Crippen molar-refractivity contribution in [2.75, 3.05) is 16.8 Å². The molecule has 0 atom stereocenters. The van der Waals surface area contributed by atoms with Crippen molar-refractivity contribution in [3.63, 3.8) is 0 Å². The van der Waals surface area contributed by atoms with E-state index in [-0.39, 0.29) is 23.4 Å². The van der Waals surface area contributed by atoms with E-state index in [0.29, 0.717) is 33.0 Å². The number of imidazole rings is 1. The minimum atomic E-state index is -0.206. The van der Waals surface area contributed by atoms with Gasteiger partial charge in [-0.1, -0.05) is 42.1 Å². The normalized spacial score (nSPS) is 10.8. The van der Waals surface area contributed by atoms with Crippen LogP contribution >= 0.6 is 11.8 Å². The SMILES string of the molecule is Nc1nc(SCC(=O)Nc2ccc(C(=O)c3ccccc3)cc2)c2[nH]cnc2n1. The molecule has 0 fully saturated rings. The number of H-pyrrole nitrogens is 1. The van der Waals surface area contributed by atoms with E-state index >= 15 is 0 Å². The number of nitrogens with zero attached hydrogens (tertiary/aromatic N) is 3. The van der Waals surface area contributed by atoms with Crippen LogP contribution < -0.4 is 11.1 Å². The molecular formula is C20H16N6O2S. The minimum Gasteiger partial charge on any atom is -0.368 e. The Morgan fingerprint density at radius 2 is 1.72 bits per heavy atom. The standard InChI is InChI=1S/C20H16N6O2S/c21-20-25-18-16(22-11-23-18)19(26-20)29-10-15(27)24-14-8-6-13(7-9-14)17(28)12-4-2-1-3-5-12/h1-9,11H,10H2,(H,24,27)(H3,21,22,23,25,26). The van der Waals surface area contributed by atoms with Crippen LogP contribution in [0.3, 0.4) is 0 Å². The summed E-state index contributed by atoms with van der Waals surface area (Å²) in [6, 6.07) is 15.8. The monoisotopic (exact) mass is 404 g/mol. The Bertz CT molecular complexity index is 1170. The van der Waals surface area contributed by atoms with Crippen LogP contribution in [0.25, 0.3) is 11.2 Å². The smallest absolute Gasteiger partial charge is 0.234 e. The van der Waals surface area contributed by atoms with E-state index in [0.717, 1.165) is 0 Å². The topological polar surface area (TPSA) is 127 Å².